The standard InChI is InChI=1S/C25H20Cl4F4N2O2/c1-22(2,25(27,28)29)37-21(36)35-23(13-15-6-4-3-5-7-15,20-9-8-18(26)14-34-20)16-10-17(24(31,32)33)12-19(30)11-16/h3-12,14H,13H2,1-2H3,(H,35,36)/t23-/m0/s1. The van der Waals surface area contributed by atoms with E-state index in [4.69, 9.17) is 51.1 Å². The summed E-state index contributed by atoms with van der Waals surface area (Å²) in [4.78, 5) is 17.5. The molecular formula is C25H20Cl4F4N2O2. The molecular weight excluding hydrogens is 578 g/mol. The van der Waals surface area contributed by atoms with E-state index in [2.05, 4.69) is 10.3 Å². The van der Waals surface area contributed by atoms with Crippen LogP contribution < -0.4 is 5.32 Å². The monoisotopic (exact) mass is 596 g/mol. The summed E-state index contributed by atoms with van der Waals surface area (Å²) < 4.78 is 59.0. The maximum Gasteiger partial charge on any atom is 0.416 e. The van der Waals surface area contributed by atoms with Crippen molar-refractivity contribution in [2.45, 2.75) is 41.4 Å². The number of hydrogen-bond acceptors (Lipinski definition) is 3. The second-order valence-corrected chi connectivity index (χ2v) is 11.4. The van der Waals surface area contributed by atoms with Gasteiger partial charge in [-0.3, -0.25) is 4.98 Å². The molecule has 1 amide bonds. The fourth-order valence-corrected chi connectivity index (χ4v) is 3.77. The van der Waals surface area contributed by atoms with Crippen molar-refractivity contribution in [3.63, 3.8) is 0 Å². The maximum atomic E-state index is 14.6. The highest BCUT2D eigenvalue weighted by atomic mass is 35.6. The molecule has 2 aromatic carbocycles. The van der Waals surface area contributed by atoms with E-state index in [-0.39, 0.29) is 22.7 Å². The quantitative estimate of drug-likeness (QED) is 0.230. The molecule has 0 radical (unpaired) electrons. The molecule has 198 valence electrons. The summed E-state index contributed by atoms with van der Waals surface area (Å²) in [6.45, 7) is 2.67. The number of amides is 1. The normalized spacial score (nSPS) is 14.1. The van der Waals surface area contributed by atoms with Gasteiger partial charge in [0.15, 0.2) is 5.60 Å². The Hall–Kier alpha value is -2.26. The second kappa shape index (κ2) is 10.8. The molecule has 0 saturated carbocycles. The fraction of sp³-hybridized carbons (Fsp3) is 0.280. The molecule has 1 aromatic heterocycles. The second-order valence-electron chi connectivity index (χ2n) is 8.68. The van der Waals surface area contributed by atoms with E-state index < -0.39 is 38.6 Å². The molecule has 1 heterocycles. The summed E-state index contributed by atoms with van der Waals surface area (Å²) in [6.07, 6.45) is -4.92. The SMILES string of the molecule is CC(C)(OC(=O)N[C@@](Cc1ccccc1)(c1cc(F)cc(C(F)(F)F)c1)c1ccc(Cl)cn1)C(Cl)(Cl)Cl. The molecule has 1 N–H and O–H groups in total. The summed E-state index contributed by atoms with van der Waals surface area (Å²) in [7, 11) is 0. The van der Waals surface area contributed by atoms with Crippen molar-refractivity contribution in [3.8, 4) is 0 Å². The van der Waals surface area contributed by atoms with E-state index >= 15 is 0 Å². The highest BCUT2D eigenvalue weighted by Gasteiger charge is 2.47. The molecule has 4 nitrogen and oxygen atoms in total. The number of alkyl halides is 6. The number of pyridine rings is 1. The Morgan fingerprint density at radius 2 is 1.59 bits per heavy atom. The van der Waals surface area contributed by atoms with E-state index in [0.717, 1.165) is 12.1 Å². The van der Waals surface area contributed by atoms with Crippen LogP contribution in [0, 0.1) is 5.82 Å². The van der Waals surface area contributed by atoms with Gasteiger partial charge >= 0.3 is 12.3 Å². The molecule has 1 atom stereocenters. The van der Waals surface area contributed by atoms with E-state index in [1.165, 1.54) is 32.2 Å². The highest BCUT2D eigenvalue weighted by molar-refractivity contribution is 6.68. The van der Waals surface area contributed by atoms with Crippen molar-refractivity contribution in [1.29, 1.82) is 0 Å². The first-order valence-corrected chi connectivity index (χ1v) is 12.2. The van der Waals surface area contributed by atoms with E-state index in [9.17, 15) is 22.4 Å². The Bertz CT molecular complexity index is 1250. The third kappa shape index (κ3) is 6.99. The lowest BCUT2D eigenvalue weighted by Crippen LogP contribution is -2.52. The summed E-state index contributed by atoms with van der Waals surface area (Å²) in [5.41, 5.74) is -4.39. The predicted molar refractivity (Wildman–Crippen MR) is 136 cm³/mol. The topological polar surface area (TPSA) is 51.2 Å². The van der Waals surface area contributed by atoms with Crippen molar-refractivity contribution >= 4 is 52.5 Å². The third-order valence-corrected chi connectivity index (χ3v) is 7.13. The van der Waals surface area contributed by atoms with Crippen LogP contribution in [-0.4, -0.2) is 20.5 Å². The Kier molecular flexibility index (Phi) is 8.59. The summed E-state index contributed by atoms with van der Waals surface area (Å²) in [5, 5.41) is 2.82. The molecule has 0 bridgehead atoms. The van der Waals surface area contributed by atoms with Gasteiger partial charge in [0.25, 0.3) is 0 Å². The molecule has 37 heavy (non-hydrogen) atoms. The minimum absolute atomic E-state index is 0.0584. The number of ether oxygens (including phenoxy) is 1. The molecule has 0 unspecified atom stereocenters. The number of benzene rings is 2. The van der Waals surface area contributed by atoms with Crippen LogP contribution in [0.5, 0.6) is 0 Å². The molecule has 12 heteroatoms. The summed E-state index contributed by atoms with van der Waals surface area (Å²) in [6, 6.07) is 13.3. The lowest BCUT2D eigenvalue weighted by atomic mass is 9.80. The first kappa shape index (κ1) is 29.3. The first-order chi connectivity index (χ1) is 17.0. The van der Waals surface area contributed by atoms with Gasteiger partial charge in [0, 0.05) is 12.6 Å². The van der Waals surface area contributed by atoms with Crippen molar-refractivity contribution in [3.05, 3.63) is 100 Å². The molecule has 0 saturated heterocycles. The van der Waals surface area contributed by atoms with Crippen LogP contribution in [0.15, 0.2) is 66.9 Å². The van der Waals surface area contributed by atoms with Gasteiger partial charge in [-0.1, -0.05) is 76.7 Å². The fourth-order valence-electron chi connectivity index (χ4n) is 3.54. The van der Waals surface area contributed by atoms with Crippen molar-refractivity contribution in [2.24, 2.45) is 0 Å². The number of rotatable bonds is 6. The molecule has 0 aliphatic carbocycles. The lowest BCUT2D eigenvalue weighted by molar-refractivity contribution is -0.137. The zero-order valence-corrected chi connectivity index (χ0v) is 22.4. The average molecular weight is 598 g/mol. The molecule has 0 aliphatic rings. The van der Waals surface area contributed by atoms with Gasteiger partial charge < -0.3 is 10.1 Å². The van der Waals surface area contributed by atoms with Gasteiger partial charge in [0.05, 0.1) is 16.3 Å². The number of carbonyl (C=O) groups is 1. The Morgan fingerprint density at radius 3 is 2.14 bits per heavy atom. The van der Waals surface area contributed by atoms with Crippen LogP contribution in [0.3, 0.4) is 0 Å². The van der Waals surface area contributed by atoms with E-state index in [0.29, 0.717) is 11.6 Å². The highest BCUT2D eigenvalue weighted by Crippen LogP contribution is 2.42. The van der Waals surface area contributed by atoms with Crippen molar-refractivity contribution < 1.29 is 27.1 Å². The summed E-state index contributed by atoms with van der Waals surface area (Å²) >= 11 is 23.8. The number of halogens is 8. The molecule has 0 fully saturated rings. The van der Waals surface area contributed by atoms with Crippen LogP contribution in [0.25, 0.3) is 0 Å². The number of nitrogens with zero attached hydrogens (tertiary/aromatic N) is 1. The van der Waals surface area contributed by atoms with Crippen LogP contribution in [0.4, 0.5) is 22.4 Å². The van der Waals surface area contributed by atoms with Crippen LogP contribution >= 0.6 is 46.4 Å². The van der Waals surface area contributed by atoms with Crippen LogP contribution in [0.2, 0.25) is 5.02 Å². The number of carbonyl (C=O) groups excluding carboxylic acids is 1. The van der Waals surface area contributed by atoms with Gasteiger partial charge in [-0.15, -0.1) is 0 Å². The number of alkyl carbamates (subject to hydrolysis) is 1. The smallest absolute Gasteiger partial charge is 0.416 e. The molecule has 0 aliphatic heterocycles. The average Bonchev–Trinajstić information content (AvgIpc) is 2.77. The van der Waals surface area contributed by atoms with E-state index in [1.54, 1.807) is 30.3 Å². The van der Waals surface area contributed by atoms with Crippen molar-refractivity contribution in [2.75, 3.05) is 0 Å². The van der Waals surface area contributed by atoms with Gasteiger partial charge in [-0.2, -0.15) is 13.2 Å². The van der Waals surface area contributed by atoms with Gasteiger partial charge in [0.1, 0.15) is 11.4 Å². The Morgan fingerprint density at radius 1 is 0.973 bits per heavy atom. The zero-order valence-electron chi connectivity index (χ0n) is 19.3. The van der Waals surface area contributed by atoms with E-state index in [1.807, 2.05) is 0 Å². The van der Waals surface area contributed by atoms with Gasteiger partial charge in [0.2, 0.25) is 3.79 Å². The number of nitrogens with one attached hydrogen (secondary N) is 1. The molecule has 3 rings (SSSR count). The predicted octanol–water partition coefficient (Wildman–Crippen LogP) is 8.25. The Balaban J connectivity index is 2.27. The first-order valence-electron chi connectivity index (χ1n) is 10.7. The minimum atomic E-state index is -4.87. The third-order valence-electron chi connectivity index (χ3n) is 5.54. The summed E-state index contributed by atoms with van der Waals surface area (Å²) in [5.74, 6) is -1.17. The number of hydrogen-bond donors (Lipinski definition) is 1. The maximum absolute atomic E-state index is 14.6. The largest absolute Gasteiger partial charge is 0.439 e. The van der Waals surface area contributed by atoms with Crippen LogP contribution in [0.1, 0.15) is 36.2 Å². The zero-order chi connectivity index (χ0) is 27.6. The van der Waals surface area contributed by atoms with Crippen molar-refractivity contribution in [1.82, 2.24) is 10.3 Å². The van der Waals surface area contributed by atoms with Gasteiger partial charge in [-0.25, -0.2) is 9.18 Å². The molecule has 0 spiro atoms. The van der Waals surface area contributed by atoms with Crippen LogP contribution in [-0.2, 0) is 22.9 Å². The lowest BCUT2D eigenvalue weighted by Gasteiger charge is -2.38. The Labute approximate surface area is 230 Å². The minimum Gasteiger partial charge on any atom is -0.439 e. The van der Waals surface area contributed by atoms with Gasteiger partial charge in [-0.05, 0) is 55.3 Å². The molecule has 3 aromatic rings. The number of aromatic nitrogens is 1.